The van der Waals surface area contributed by atoms with E-state index >= 15 is 0 Å². The molecule has 0 aromatic carbocycles. The highest BCUT2D eigenvalue weighted by Gasteiger charge is 2.05. The number of aliphatic imine (C=N–C) groups is 1. The van der Waals surface area contributed by atoms with Crippen molar-refractivity contribution in [2.24, 2.45) is 4.99 Å². The van der Waals surface area contributed by atoms with Crippen molar-refractivity contribution >= 4 is 29.9 Å². The van der Waals surface area contributed by atoms with Crippen molar-refractivity contribution in [1.82, 2.24) is 25.2 Å². The molecule has 0 fully saturated rings. The van der Waals surface area contributed by atoms with Gasteiger partial charge in [0, 0.05) is 38.2 Å². The summed E-state index contributed by atoms with van der Waals surface area (Å²) in [6.07, 6.45) is 12.2. The number of nitrogens with zero attached hydrogens (tertiary/aromatic N) is 4. The van der Waals surface area contributed by atoms with E-state index in [2.05, 4.69) is 45.5 Å². The maximum absolute atomic E-state index is 4.46. The summed E-state index contributed by atoms with van der Waals surface area (Å²) in [6, 6.07) is 4.47. The van der Waals surface area contributed by atoms with Crippen LogP contribution in [0.15, 0.2) is 42.0 Å². The molecule has 2 aromatic rings. The molecule has 1 unspecified atom stereocenters. The third-order valence-corrected chi connectivity index (χ3v) is 3.89. The normalized spacial score (nSPS) is 12.4. The predicted octanol–water partition coefficient (Wildman–Crippen LogP) is 3.52. The van der Waals surface area contributed by atoms with Gasteiger partial charge in [-0.3, -0.25) is 9.56 Å². The number of imidazole rings is 1. The largest absolute Gasteiger partial charge is 0.354 e. The third kappa shape index (κ3) is 7.41. The highest BCUT2D eigenvalue weighted by Crippen LogP contribution is 2.05. The number of nitrogens with one attached hydrogen (secondary N) is 2. The van der Waals surface area contributed by atoms with Crippen LogP contribution >= 0.6 is 24.0 Å². The lowest BCUT2D eigenvalue weighted by Crippen LogP contribution is -2.41. The molecule has 0 radical (unpaired) electrons. The Labute approximate surface area is 167 Å². The van der Waals surface area contributed by atoms with E-state index in [1.807, 2.05) is 23.0 Å². The van der Waals surface area contributed by atoms with Gasteiger partial charge in [-0.15, -0.1) is 24.0 Å². The molecular formula is C18H29IN6. The number of hydrogen-bond donors (Lipinski definition) is 2. The predicted molar refractivity (Wildman–Crippen MR) is 114 cm³/mol. The first-order valence-electron chi connectivity index (χ1n) is 8.63. The second-order valence-electron chi connectivity index (χ2n) is 5.96. The minimum Gasteiger partial charge on any atom is -0.354 e. The van der Waals surface area contributed by atoms with Crippen LogP contribution in [0.1, 0.15) is 45.1 Å². The van der Waals surface area contributed by atoms with E-state index < -0.39 is 0 Å². The first-order valence-corrected chi connectivity index (χ1v) is 8.63. The van der Waals surface area contributed by atoms with Crippen molar-refractivity contribution in [3.05, 3.63) is 42.6 Å². The van der Waals surface area contributed by atoms with E-state index in [1.54, 1.807) is 19.6 Å². The second-order valence-corrected chi connectivity index (χ2v) is 5.96. The molecule has 0 aliphatic carbocycles. The van der Waals surface area contributed by atoms with Crippen LogP contribution in [0.25, 0.3) is 5.82 Å². The summed E-state index contributed by atoms with van der Waals surface area (Å²) in [5, 5.41) is 6.78. The van der Waals surface area contributed by atoms with Crippen molar-refractivity contribution < 1.29 is 0 Å². The summed E-state index contributed by atoms with van der Waals surface area (Å²) in [4.78, 5) is 12.8. The molecule has 2 aromatic heterocycles. The van der Waals surface area contributed by atoms with Crippen LogP contribution in [0, 0.1) is 0 Å². The molecule has 0 amide bonds. The molecule has 1 atom stereocenters. The Morgan fingerprint density at radius 1 is 1.32 bits per heavy atom. The van der Waals surface area contributed by atoms with Crippen LogP contribution in [0.3, 0.4) is 0 Å². The molecule has 2 heterocycles. The van der Waals surface area contributed by atoms with Gasteiger partial charge in [0.15, 0.2) is 5.96 Å². The molecule has 0 spiro atoms. The van der Waals surface area contributed by atoms with Crippen LogP contribution in [0.5, 0.6) is 0 Å². The molecular weight excluding hydrogens is 427 g/mol. The van der Waals surface area contributed by atoms with Crippen LogP contribution < -0.4 is 10.6 Å². The first kappa shape index (κ1) is 21.4. The fraction of sp³-hybridized carbons (Fsp3) is 0.500. The number of guanidine groups is 1. The summed E-state index contributed by atoms with van der Waals surface area (Å²) < 4.78 is 1.88. The number of aromatic nitrogens is 3. The molecule has 7 heteroatoms. The third-order valence-electron chi connectivity index (χ3n) is 3.89. The summed E-state index contributed by atoms with van der Waals surface area (Å²) in [6.45, 7) is 5.12. The van der Waals surface area contributed by atoms with Crippen LogP contribution in [0.2, 0.25) is 0 Å². The van der Waals surface area contributed by atoms with Gasteiger partial charge < -0.3 is 10.6 Å². The highest BCUT2D eigenvalue weighted by molar-refractivity contribution is 14.0. The molecule has 2 rings (SSSR count). The van der Waals surface area contributed by atoms with Gasteiger partial charge >= 0.3 is 0 Å². The van der Waals surface area contributed by atoms with Crippen molar-refractivity contribution in [3.63, 3.8) is 0 Å². The van der Waals surface area contributed by atoms with Gasteiger partial charge in [-0.1, -0.05) is 32.3 Å². The number of unbranched alkanes of at least 4 members (excludes halogenated alkanes) is 2. The minimum atomic E-state index is 0. The SMILES string of the molecule is CCCCCC(C)NC(=NC)NCc1ccc(-n2ccnc2)nc1.I. The fourth-order valence-corrected chi connectivity index (χ4v) is 2.46. The topological polar surface area (TPSA) is 67.1 Å². The Bertz CT molecular complexity index is 609. The Balaban J connectivity index is 0.00000312. The average Bonchev–Trinajstić information content (AvgIpc) is 3.14. The smallest absolute Gasteiger partial charge is 0.191 e. The lowest BCUT2D eigenvalue weighted by atomic mass is 10.1. The zero-order chi connectivity index (χ0) is 17.2. The van der Waals surface area contributed by atoms with Crippen molar-refractivity contribution in [2.75, 3.05) is 7.05 Å². The molecule has 25 heavy (non-hydrogen) atoms. The molecule has 0 bridgehead atoms. The number of pyridine rings is 1. The number of hydrogen-bond acceptors (Lipinski definition) is 3. The van der Waals surface area contributed by atoms with Crippen molar-refractivity contribution in [1.29, 1.82) is 0 Å². The van der Waals surface area contributed by atoms with E-state index in [0.29, 0.717) is 12.6 Å². The van der Waals surface area contributed by atoms with E-state index in [4.69, 9.17) is 0 Å². The zero-order valence-electron chi connectivity index (χ0n) is 15.3. The van der Waals surface area contributed by atoms with Gasteiger partial charge in [0.2, 0.25) is 0 Å². The van der Waals surface area contributed by atoms with Crippen LogP contribution in [-0.4, -0.2) is 33.6 Å². The van der Waals surface area contributed by atoms with Gasteiger partial charge in [0.25, 0.3) is 0 Å². The van der Waals surface area contributed by atoms with Gasteiger partial charge in [0.1, 0.15) is 12.1 Å². The molecule has 0 aliphatic heterocycles. The maximum Gasteiger partial charge on any atom is 0.191 e. The summed E-state index contributed by atoms with van der Waals surface area (Å²) in [5.41, 5.74) is 1.11. The number of halogens is 1. The molecule has 0 aliphatic rings. The average molecular weight is 456 g/mol. The van der Waals surface area contributed by atoms with E-state index in [9.17, 15) is 0 Å². The zero-order valence-corrected chi connectivity index (χ0v) is 17.6. The lowest BCUT2D eigenvalue weighted by molar-refractivity contribution is 0.546. The van der Waals surface area contributed by atoms with E-state index in [1.165, 1.54) is 19.3 Å². The van der Waals surface area contributed by atoms with Crippen LogP contribution in [0.4, 0.5) is 0 Å². The first-order chi connectivity index (χ1) is 11.7. The molecule has 2 N–H and O–H groups in total. The quantitative estimate of drug-likeness (QED) is 0.276. The van der Waals surface area contributed by atoms with E-state index in [0.717, 1.165) is 23.8 Å². The lowest BCUT2D eigenvalue weighted by Gasteiger charge is -2.18. The fourth-order valence-electron chi connectivity index (χ4n) is 2.46. The second kappa shape index (κ2) is 11.8. The number of rotatable bonds is 8. The molecule has 138 valence electrons. The van der Waals surface area contributed by atoms with Gasteiger partial charge in [0.05, 0.1) is 0 Å². The Kier molecular flexibility index (Phi) is 10.1. The standard InChI is InChI=1S/C18H28N6.HI/c1-4-5-6-7-15(2)23-18(19-3)22-13-16-8-9-17(21-12-16)24-11-10-20-14-24;/h8-12,14-15H,4-7,13H2,1-3H3,(H2,19,22,23);1H. The van der Waals surface area contributed by atoms with E-state index in [-0.39, 0.29) is 24.0 Å². The molecule has 6 nitrogen and oxygen atoms in total. The summed E-state index contributed by atoms with van der Waals surface area (Å²) in [5.74, 6) is 1.70. The van der Waals surface area contributed by atoms with Crippen molar-refractivity contribution in [2.45, 2.75) is 52.1 Å². The summed E-state index contributed by atoms with van der Waals surface area (Å²) in [7, 11) is 1.80. The molecule has 0 saturated carbocycles. The maximum atomic E-state index is 4.46. The summed E-state index contributed by atoms with van der Waals surface area (Å²) >= 11 is 0. The van der Waals surface area contributed by atoms with Gasteiger partial charge in [-0.25, -0.2) is 9.97 Å². The highest BCUT2D eigenvalue weighted by atomic mass is 127. The Morgan fingerprint density at radius 2 is 2.16 bits per heavy atom. The Morgan fingerprint density at radius 3 is 2.76 bits per heavy atom. The molecule has 0 saturated heterocycles. The van der Waals surface area contributed by atoms with Crippen LogP contribution in [-0.2, 0) is 6.54 Å². The Hall–Kier alpha value is -1.64. The van der Waals surface area contributed by atoms with Gasteiger partial charge in [-0.2, -0.15) is 0 Å². The minimum absolute atomic E-state index is 0. The van der Waals surface area contributed by atoms with Gasteiger partial charge in [-0.05, 0) is 25.0 Å². The van der Waals surface area contributed by atoms with Crippen molar-refractivity contribution in [3.8, 4) is 5.82 Å². The monoisotopic (exact) mass is 456 g/mol.